The first-order chi connectivity index (χ1) is 15.3. The van der Waals surface area contributed by atoms with Crippen LogP contribution in [0.5, 0.6) is 0 Å². The van der Waals surface area contributed by atoms with Gasteiger partial charge in [-0.1, -0.05) is 12.5 Å². The highest BCUT2D eigenvalue weighted by Gasteiger charge is 2.26. The average molecular weight is 459 g/mol. The largest absolute Gasteiger partial charge is 0.331 e. The number of nitrogens with one attached hydrogen (secondary N) is 1. The molecule has 170 valence electrons. The number of rotatable bonds is 6. The van der Waals surface area contributed by atoms with Crippen LogP contribution in [0.2, 0.25) is 0 Å². The number of aryl methyl sites for hydroxylation is 3. The van der Waals surface area contributed by atoms with Crippen LogP contribution in [-0.4, -0.2) is 41.3 Å². The van der Waals surface area contributed by atoms with Gasteiger partial charge in [0.2, 0.25) is 15.9 Å². The molecule has 9 heteroatoms. The number of carbonyl (C=O) groups excluding carboxylic acids is 1. The van der Waals surface area contributed by atoms with E-state index in [1.807, 2.05) is 18.5 Å². The maximum Gasteiger partial charge on any atom is 0.243 e. The van der Waals surface area contributed by atoms with Gasteiger partial charge in [-0.3, -0.25) is 4.79 Å². The van der Waals surface area contributed by atoms with Gasteiger partial charge in [-0.05, 0) is 55.7 Å². The van der Waals surface area contributed by atoms with Gasteiger partial charge in [0.1, 0.15) is 11.6 Å². The molecule has 4 rings (SSSR count). The van der Waals surface area contributed by atoms with Crippen molar-refractivity contribution >= 4 is 32.7 Å². The molecule has 32 heavy (non-hydrogen) atoms. The summed E-state index contributed by atoms with van der Waals surface area (Å²) in [5.41, 5.74) is 2.38. The average Bonchev–Trinajstić information content (AvgIpc) is 3.10. The Morgan fingerprint density at radius 2 is 1.88 bits per heavy atom. The number of nitrogens with zero attached hydrogens (tertiary/aromatic N) is 3. The number of hydrogen-bond acceptors (Lipinski definition) is 4. The Kier molecular flexibility index (Phi) is 6.30. The molecule has 0 unspecified atom stereocenters. The lowest BCUT2D eigenvalue weighted by Gasteiger charge is -2.25. The number of benzene rings is 2. The minimum atomic E-state index is -3.54. The first kappa shape index (κ1) is 22.4. The van der Waals surface area contributed by atoms with Crippen molar-refractivity contribution in [2.24, 2.45) is 7.05 Å². The van der Waals surface area contributed by atoms with Crippen LogP contribution in [0.15, 0.2) is 41.3 Å². The van der Waals surface area contributed by atoms with E-state index < -0.39 is 15.8 Å². The van der Waals surface area contributed by atoms with Crippen molar-refractivity contribution in [3.8, 4) is 0 Å². The second-order valence-electron chi connectivity index (χ2n) is 8.23. The Bertz CT molecular complexity index is 1260. The molecule has 1 saturated heterocycles. The zero-order valence-electron chi connectivity index (χ0n) is 18.3. The van der Waals surface area contributed by atoms with E-state index in [1.165, 1.54) is 10.4 Å². The number of hydrogen-bond donors (Lipinski definition) is 1. The van der Waals surface area contributed by atoms with Crippen molar-refractivity contribution in [3.63, 3.8) is 0 Å². The quantitative estimate of drug-likeness (QED) is 0.610. The van der Waals surface area contributed by atoms with E-state index in [0.29, 0.717) is 30.9 Å². The van der Waals surface area contributed by atoms with E-state index in [1.54, 1.807) is 30.3 Å². The molecule has 0 spiro atoms. The fourth-order valence-corrected chi connectivity index (χ4v) is 5.58. The van der Waals surface area contributed by atoms with E-state index >= 15 is 0 Å². The molecule has 1 aliphatic rings. The monoisotopic (exact) mass is 458 g/mol. The molecule has 1 N–H and O–H groups in total. The summed E-state index contributed by atoms with van der Waals surface area (Å²) in [7, 11) is -1.71. The van der Waals surface area contributed by atoms with Gasteiger partial charge in [-0.2, -0.15) is 4.31 Å². The van der Waals surface area contributed by atoms with Crippen LogP contribution >= 0.6 is 0 Å². The summed E-state index contributed by atoms with van der Waals surface area (Å²) in [6.45, 7) is 2.92. The Balaban J connectivity index is 1.49. The molecule has 1 aliphatic heterocycles. The highest BCUT2D eigenvalue weighted by molar-refractivity contribution is 7.89. The van der Waals surface area contributed by atoms with Gasteiger partial charge in [0.25, 0.3) is 0 Å². The Labute approximate surface area is 187 Å². The topological polar surface area (TPSA) is 84.3 Å². The summed E-state index contributed by atoms with van der Waals surface area (Å²) in [4.78, 5) is 17.1. The number of amides is 1. The number of anilines is 1. The zero-order valence-corrected chi connectivity index (χ0v) is 19.1. The van der Waals surface area contributed by atoms with Gasteiger partial charge in [0, 0.05) is 33.0 Å². The molecule has 2 aromatic carbocycles. The van der Waals surface area contributed by atoms with Crippen LogP contribution in [-0.2, 0) is 28.3 Å². The van der Waals surface area contributed by atoms with E-state index in [-0.39, 0.29) is 22.9 Å². The second kappa shape index (κ2) is 8.99. The van der Waals surface area contributed by atoms with Crippen molar-refractivity contribution in [2.45, 2.75) is 43.9 Å². The van der Waals surface area contributed by atoms with Crippen LogP contribution in [0.3, 0.4) is 0 Å². The van der Waals surface area contributed by atoms with Crippen LogP contribution in [0, 0.1) is 12.7 Å². The molecule has 2 heterocycles. The lowest BCUT2D eigenvalue weighted by Crippen LogP contribution is -2.35. The lowest BCUT2D eigenvalue weighted by molar-refractivity contribution is -0.116. The molecule has 1 amide bonds. The molecule has 0 radical (unpaired) electrons. The minimum Gasteiger partial charge on any atom is -0.331 e. The Morgan fingerprint density at radius 1 is 1.12 bits per heavy atom. The van der Waals surface area contributed by atoms with Crippen molar-refractivity contribution in [2.75, 3.05) is 18.4 Å². The van der Waals surface area contributed by atoms with Crippen molar-refractivity contribution in [3.05, 3.63) is 53.6 Å². The molecule has 7 nitrogen and oxygen atoms in total. The van der Waals surface area contributed by atoms with Crippen LogP contribution < -0.4 is 5.32 Å². The van der Waals surface area contributed by atoms with E-state index in [4.69, 9.17) is 0 Å². The van der Waals surface area contributed by atoms with Crippen LogP contribution in [0.4, 0.5) is 10.1 Å². The summed E-state index contributed by atoms with van der Waals surface area (Å²) in [6, 6.07) is 9.53. The van der Waals surface area contributed by atoms with Gasteiger partial charge in [0.15, 0.2) is 0 Å². The molecule has 1 fully saturated rings. The van der Waals surface area contributed by atoms with Crippen molar-refractivity contribution < 1.29 is 17.6 Å². The molecule has 0 atom stereocenters. The first-order valence-corrected chi connectivity index (χ1v) is 12.2. The number of halogens is 1. The fraction of sp³-hybridized carbons (Fsp3) is 0.391. The van der Waals surface area contributed by atoms with Crippen molar-refractivity contribution in [1.82, 2.24) is 13.9 Å². The third-order valence-electron chi connectivity index (χ3n) is 5.87. The van der Waals surface area contributed by atoms with E-state index in [2.05, 4.69) is 10.3 Å². The third kappa shape index (κ3) is 4.54. The highest BCUT2D eigenvalue weighted by Crippen LogP contribution is 2.25. The maximum atomic E-state index is 13.9. The summed E-state index contributed by atoms with van der Waals surface area (Å²) < 4.78 is 43.2. The lowest BCUT2D eigenvalue weighted by atomic mass is 10.2. The predicted molar refractivity (Wildman–Crippen MR) is 121 cm³/mol. The highest BCUT2D eigenvalue weighted by atomic mass is 32.2. The molecular weight excluding hydrogens is 431 g/mol. The smallest absolute Gasteiger partial charge is 0.243 e. The molecule has 1 aromatic heterocycles. The van der Waals surface area contributed by atoms with E-state index in [9.17, 15) is 17.6 Å². The number of imidazole rings is 1. The van der Waals surface area contributed by atoms with Gasteiger partial charge in [-0.15, -0.1) is 0 Å². The zero-order chi connectivity index (χ0) is 22.9. The Hall–Kier alpha value is -2.78. The van der Waals surface area contributed by atoms with Gasteiger partial charge in [-0.25, -0.2) is 17.8 Å². The summed E-state index contributed by atoms with van der Waals surface area (Å²) >= 11 is 0. The fourth-order valence-electron chi connectivity index (χ4n) is 4.04. The molecule has 0 aliphatic carbocycles. The number of fused-ring (bicyclic) bond motifs is 1. The number of piperidine rings is 1. The predicted octanol–water partition coefficient (Wildman–Crippen LogP) is 3.77. The van der Waals surface area contributed by atoms with Crippen LogP contribution in [0.1, 0.15) is 37.1 Å². The van der Waals surface area contributed by atoms with Crippen molar-refractivity contribution in [1.29, 1.82) is 0 Å². The SMILES string of the molecule is Cc1ccc(F)c(NC(=O)CCc2nc3cc(S(=O)(=O)N4CCCCC4)ccc3n2C)c1. The van der Waals surface area contributed by atoms with Gasteiger partial charge >= 0.3 is 0 Å². The van der Waals surface area contributed by atoms with Crippen LogP contribution in [0.25, 0.3) is 11.0 Å². The molecule has 3 aromatic rings. The first-order valence-electron chi connectivity index (χ1n) is 10.8. The summed E-state index contributed by atoms with van der Waals surface area (Å²) in [6.07, 6.45) is 3.29. The molecule has 0 saturated carbocycles. The second-order valence-corrected chi connectivity index (χ2v) is 10.2. The number of aromatic nitrogens is 2. The summed E-state index contributed by atoms with van der Waals surface area (Å²) in [5.74, 6) is -0.128. The Morgan fingerprint density at radius 3 is 2.62 bits per heavy atom. The third-order valence-corrected chi connectivity index (χ3v) is 7.76. The van der Waals surface area contributed by atoms with E-state index in [0.717, 1.165) is 30.3 Å². The van der Waals surface area contributed by atoms with Gasteiger partial charge < -0.3 is 9.88 Å². The number of carbonyl (C=O) groups is 1. The van der Waals surface area contributed by atoms with Gasteiger partial charge in [0.05, 0.1) is 21.6 Å². The normalized spacial score (nSPS) is 15.2. The molecule has 0 bridgehead atoms. The number of sulfonamides is 1. The minimum absolute atomic E-state index is 0.128. The molecular formula is C23H27FN4O3S. The standard InChI is InChI=1S/C23H27FN4O3S/c1-16-6-8-18(24)19(14-16)26-23(29)11-10-22-25-20-15-17(7-9-21(20)27(22)2)32(30,31)28-12-4-3-5-13-28/h6-9,14-15H,3-5,10-13H2,1-2H3,(H,26,29). The maximum absolute atomic E-state index is 13.9. The summed E-state index contributed by atoms with van der Waals surface area (Å²) in [5, 5.41) is 2.60.